The Morgan fingerprint density at radius 2 is 2.17 bits per heavy atom. The summed E-state index contributed by atoms with van der Waals surface area (Å²) in [6, 6.07) is 0. The van der Waals surface area contributed by atoms with Gasteiger partial charge in [0, 0.05) is 5.92 Å². The Morgan fingerprint density at radius 3 is 2.58 bits per heavy atom. The van der Waals surface area contributed by atoms with Crippen LogP contribution in [0.2, 0.25) is 0 Å². The number of aliphatic hydroxyl groups is 1. The predicted octanol–water partition coefficient (Wildman–Crippen LogP) is 2.61. The predicted molar refractivity (Wildman–Crippen MR) is 51.9 cm³/mol. The number of aliphatic hydroxyl groups excluding tert-OH is 1. The standard InChI is InChI=1S/C11H20O/c1-8-5-6-9(2)11(3,4)10(8)7-12/h9-10,12H,1,5-7H2,2-4H3. The lowest BCUT2D eigenvalue weighted by molar-refractivity contribution is 0.0655. The molecule has 2 unspecified atom stereocenters. The van der Waals surface area contributed by atoms with Gasteiger partial charge in [0.1, 0.15) is 0 Å². The smallest absolute Gasteiger partial charge is 0.0501 e. The average Bonchev–Trinajstić information content (AvgIpc) is 1.98. The van der Waals surface area contributed by atoms with Crippen LogP contribution in [0.25, 0.3) is 0 Å². The third kappa shape index (κ3) is 1.42. The van der Waals surface area contributed by atoms with Crippen LogP contribution in [0.15, 0.2) is 12.2 Å². The zero-order chi connectivity index (χ0) is 9.35. The fourth-order valence-electron chi connectivity index (χ4n) is 2.18. The summed E-state index contributed by atoms with van der Waals surface area (Å²) in [5.74, 6) is 1.00. The third-order valence-electron chi connectivity index (χ3n) is 3.74. The molecule has 0 bridgehead atoms. The first-order valence-corrected chi connectivity index (χ1v) is 4.78. The molecule has 1 aliphatic rings. The molecule has 1 nitrogen and oxygen atoms in total. The maximum Gasteiger partial charge on any atom is 0.0501 e. The second kappa shape index (κ2) is 3.21. The van der Waals surface area contributed by atoms with Crippen molar-refractivity contribution in [1.82, 2.24) is 0 Å². The van der Waals surface area contributed by atoms with Gasteiger partial charge in [-0.1, -0.05) is 32.9 Å². The molecule has 0 spiro atoms. The minimum atomic E-state index is 0.226. The molecule has 2 atom stereocenters. The van der Waals surface area contributed by atoms with E-state index in [-0.39, 0.29) is 12.0 Å². The van der Waals surface area contributed by atoms with Crippen molar-refractivity contribution in [2.45, 2.75) is 33.6 Å². The summed E-state index contributed by atoms with van der Waals surface area (Å²) in [4.78, 5) is 0. The number of hydrogen-bond donors (Lipinski definition) is 1. The highest BCUT2D eigenvalue weighted by molar-refractivity contribution is 5.10. The van der Waals surface area contributed by atoms with Crippen LogP contribution in [0.3, 0.4) is 0 Å². The van der Waals surface area contributed by atoms with Crippen LogP contribution in [-0.2, 0) is 0 Å². The van der Waals surface area contributed by atoms with E-state index in [0.717, 1.165) is 6.42 Å². The summed E-state index contributed by atoms with van der Waals surface area (Å²) in [5.41, 5.74) is 1.46. The molecule has 1 aliphatic carbocycles. The number of hydrogen-bond acceptors (Lipinski definition) is 1. The molecule has 1 saturated carbocycles. The van der Waals surface area contributed by atoms with Gasteiger partial charge >= 0.3 is 0 Å². The van der Waals surface area contributed by atoms with Gasteiger partial charge in [-0.3, -0.25) is 0 Å². The Kier molecular flexibility index (Phi) is 2.62. The minimum absolute atomic E-state index is 0.226. The lowest BCUT2D eigenvalue weighted by atomic mass is 9.61. The van der Waals surface area contributed by atoms with Gasteiger partial charge in [-0.05, 0) is 24.2 Å². The van der Waals surface area contributed by atoms with Gasteiger partial charge < -0.3 is 5.11 Å². The largest absolute Gasteiger partial charge is 0.396 e. The fourth-order valence-corrected chi connectivity index (χ4v) is 2.18. The molecular formula is C11H20O. The highest BCUT2D eigenvalue weighted by Crippen LogP contribution is 2.46. The maximum atomic E-state index is 9.25. The molecular weight excluding hydrogens is 148 g/mol. The first-order chi connectivity index (χ1) is 5.50. The molecule has 1 N–H and O–H groups in total. The van der Waals surface area contributed by atoms with E-state index < -0.39 is 0 Å². The molecule has 0 aromatic heterocycles. The van der Waals surface area contributed by atoms with Crippen molar-refractivity contribution < 1.29 is 5.11 Å². The molecule has 1 heteroatoms. The number of rotatable bonds is 1. The van der Waals surface area contributed by atoms with Crippen LogP contribution in [0.1, 0.15) is 33.6 Å². The monoisotopic (exact) mass is 168 g/mol. The molecule has 0 aromatic carbocycles. The summed E-state index contributed by atoms with van der Waals surface area (Å²) < 4.78 is 0. The summed E-state index contributed by atoms with van der Waals surface area (Å²) in [6.45, 7) is 11.0. The summed E-state index contributed by atoms with van der Waals surface area (Å²) >= 11 is 0. The van der Waals surface area contributed by atoms with Gasteiger partial charge in [0.15, 0.2) is 0 Å². The Morgan fingerprint density at radius 1 is 1.58 bits per heavy atom. The van der Waals surface area contributed by atoms with Crippen LogP contribution in [0, 0.1) is 17.3 Å². The Balaban J connectivity index is 2.83. The van der Waals surface area contributed by atoms with Gasteiger partial charge in [0.05, 0.1) is 6.61 Å². The quantitative estimate of drug-likeness (QED) is 0.597. The highest BCUT2D eigenvalue weighted by Gasteiger charge is 2.39. The van der Waals surface area contributed by atoms with E-state index in [9.17, 15) is 5.11 Å². The second-order valence-corrected chi connectivity index (χ2v) is 4.65. The van der Waals surface area contributed by atoms with Crippen molar-refractivity contribution >= 4 is 0 Å². The molecule has 0 amide bonds. The van der Waals surface area contributed by atoms with Crippen LogP contribution < -0.4 is 0 Å². The van der Waals surface area contributed by atoms with Gasteiger partial charge in [0.25, 0.3) is 0 Å². The molecule has 1 rings (SSSR count). The zero-order valence-corrected chi connectivity index (χ0v) is 8.43. The molecule has 0 aromatic rings. The Hall–Kier alpha value is -0.300. The summed E-state index contributed by atoms with van der Waals surface area (Å²) in [5, 5.41) is 9.25. The van der Waals surface area contributed by atoms with Gasteiger partial charge in [-0.25, -0.2) is 0 Å². The molecule has 70 valence electrons. The van der Waals surface area contributed by atoms with Gasteiger partial charge in [-0.2, -0.15) is 0 Å². The van der Waals surface area contributed by atoms with Crippen LogP contribution >= 0.6 is 0 Å². The summed E-state index contributed by atoms with van der Waals surface area (Å²) in [6.07, 6.45) is 2.32. The van der Waals surface area contributed by atoms with Crippen molar-refractivity contribution in [1.29, 1.82) is 0 Å². The van der Waals surface area contributed by atoms with E-state index >= 15 is 0 Å². The second-order valence-electron chi connectivity index (χ2n) is 4.65. The maximum absolute atomic E-state index is 9.25. The van der Waals surface area contributed by atoms with Crippen molar-refractivity contribution in [3.05, 3.63) is 12.2 Å². The van der Waals surface area contributed by atoms with Crippen molar-refractivity contribution in [2.24, 2.45) is 17.3 Å². The van der Waals surface area contributed by atoms with Crippen molar-refractivity contribution in [3.63, 3.8) is 0 Å². The minimum Gasteiger partial charge on any atom is -0.396 e. The van der Waals surface area contributed by atoms with Crippen LogP contribution in [0.5, 0.6) is 0 Å². The molecule has 0 aliphatic heterocycles. The molecule has 0 heterocycles. The van der Waals surface area contributed by atoms with Crippen LogP contribution in [-0.4, -0.2) is 11.7 Å². The van der Waals surface area contributed by atoms with Gasteiger partial charge in [-0.15, -0.1) is 0 Å². The molecule has 12 heavy (non-hydrogen) atoms. The van der Waals surface area contributed by atoms with Crippen LogP contribution in [0.4, 0.5) is 0 Å². The highest BCUT2D eigenvalue weighted by atomic mass is 16.3. The van der Waals surface area contributed by atoms with E-state index in [1.807, 2.05) is 0 Å². The molecule has 0 saturated heterocycles. The molecule has 0 radical (unpaired) electrons. The van der Waals surface area contributed by atoms with Crippen molar-refractivity contribution in [3.8, 4) is 0 Å². The Labute approximate surface area is 75.5 Å². The van der Waals surface area contributed by atoms with E-state index in [1.165, 1.54) is 12.0 Å². The summed E-state index contributed by atoms with van der Waals surface area (Å²) in [7, 11) is 0. The SMILES string of the molecule is C=C1CCC(C)C(C)(C)C1CO. The normalized spacial score (nSPS) is 35.2. The Bertz CT molecular complexity index is 181. The van der Waals surface area contributed by atoms with Gasteiger partial charge in [0.2, 0.25) is 0 Å². The topological polar surface area (TPSA) is 20.2 Å². The van der Waals surface area contributed by atoms with E-state index in [4.69, 9.17) is 0 Å². The first kappa shape index (κ1) is 9.79. The lowest BCUT2D eigenvalue weighted by Crippen LogP contribution is -2.38. The first-order valence-electron chi connectivity index (χ1n) is 4.78. The van der Waals surface area contributed by atoms with E-state index in [0.29, 0.717) is 11.8 Å². The average molecular weight is 168 g/mol. The van der Waals surface area contributed by atoms with E-state index in [1.54, 1.807) is 0 Å². The zero-order valence-electron chi connectivity index (χ0n) is 8.43. The third-order valence-corrected chi connectivity index (χ3v) is 3.74. The molecule has 1 fully saturated rings. The fraction of sp³-hybridized carbons (Fsp3) is 0.818. The van der Waals surface area contributed by atoms with Crippen molar-refractivity contribution in [2.75, 3.05) is 6.61 Å². The van der Waals surface area contributed by atoms with E-state index in [2.05, 4.69) is 27.4 Å². The lowest BCUT2D eigenvalue weighted by Gasteiger charge is -2.44.